The second-order valence-electron chi connectivity index (χ2n) is 6.55. The summed E-state index contributed by atoms with van der Waals surface area (Å²) in [5, 5.41) is 0. The Hall–Kier alpha value is -1.90. The molecule has 0 aromatic heterocycles. The van der Waals surface area contributed by atoms with Gasteiger partial charge in [-0.15, -0.1) is 0 Å². The van der Waals surface area contributed by atoms with Crippen molar-refractivity contribution in [2.45, 2.75) is 38.1 Å². The van der Waals surface area contributed by atoms with E-state index in [1.165, 1.54) is 37.1 Å². The number of benzene rings is 2. The summed E-state index contributed by atoms with van der Waals surface area (Å²) in [6, 6.07) is 21.7. The lowest BCUT2D eigenvalue weighted by Crippen LogP contribution is -2.40. The van der Waals surface area contributed by atoms with Gasteiger partial charge >= 0.3 is 5.51 Å². The Morgan fingerprint density at radius 3 is 1.57 bits per heavy atom. The third-order valence-corrected chi connectivity index (χ3v) is 4.96. The Balaban J connectivity index is 0.000000416. The molecule has 0 aliphatic rings. The van der Waals surface area contributed by atoms with Crippen molar-refractivity contribution < 1.29 is 26.1 Å². The molecule has 2 rings (SSSR count). The smallest absolute Gasteiger partial charge is 0.485 e. The van der Waals surface area contributed by atoms with Gasteiger partial charge in [-0.25, -0.2) is 8.42 Å². The summed E-state index contributed by atoms with van der Waals surface area (Å²) in [6.07, 6.45) is 5.22. The Kier molecular flexibility index (Phi) is 9.13. The highest BCUT2D eigenvalue weighted by Crippen LogP contribution is 2.32. The molecule has 156 valence electrons. The highest BCUT2D eigenvalue weighted by atomic mass is 32.2. The van der Waals surface area contributed by atoms with E-state index in [1.807, 2.05) is 0 Å². The van der Waals surface area contributed by atoms with Crippen LogP contribution in [0.15, 0.2) is 60.7 Å². The molecule has 0 bridgehead atoms. The van der Waals surface area contributed by atoms with Crippen molar-refractivity contribution in [2.75, 3.05) is 13.6 Å². The predicted molar refractivity (Wildman–Crippen MR) is 105 cm³/mol. The minimum atomic E-state index is -6.09. The maximum Gasteiger partial charge on any atom is 0.485 e. The van der Waals surface area contributed by atoms with Gasteiger partial charge in [-0.2, -0.15) is 13.2 Å². The molecule has 28 heavy (non-hydrogen) atoms. The van der Waals surface area contributed by atoms with E-state index in [0.29, 0.717) is 0 Å². The van der Waals surface area contributed by atoms with Crippen LogP contribution < -0.4 is 4.48 Å². The van der Waals surface area contributed by atoms with E-state index >= 15 is 0 Å². The summed E-state index contributed by atoms with van der Waals surface area (Å²) < 4.78 is 59.8. The lowest BCUT2D eigenvalue weighted by molar-refractivity contribution is -0.0517. The van der Waals surface area contributed by atoms with E-state index in [2.05, 4.69) is 74.6 Å². The van der Waals surface area contributed by atoms with Crippen LogP contribution in [0, 0.1) is 0 Å². The number of quaternary nitrogens is 1. The number of para-hydroxylation sites is 2. The average molecular weight is 417 g/mol. The van der Waals surface area contributed by atoms with E-state index in [0.717, 1.165) is 11.0 Å². The summed E-state index contributed by atoms with van der Waals surface area (Å²) in [5.74, 6) is 0. The van der Waals surface area contributed by atoms with Gasteiger partial charge in [0.15, 0.2) is 10.1 Å². The van der Waals surface area contributed by atoms with E-state index < -0.39 is 15.6 Å². The van der Waals surface area contributed by atoms with Gasteiger partial charge < -0.3 is 4.55 Å². The number of halogens is 3. The van der Waals surface area contributed by atoms with Gasteiger partial charge in [0, 0.05) is 0 Å². The van der Waals surface area contributed by atoms with Crippen LogP contribution in [-0.2, 0) is 10.1 Å². The molecule has 4 nitrogen and oxygen atoms in total. The van der Waals surface area contributed by atoms with Crippen molar-refractivity contribution >= 4 is 21.5 Å². The standard InChI is InChI=1S/C19H26N.CHF3O3S/c1-3-4-5-12-17-20(2,18-13-8-6-9-14-18)19-15-10-7-11-16-19;2-1(3,4)8(5,6)7/h6-11,13-16H,3-5,12,17H2,1-2H3;(H,5,6,7)/q+1;/p-1. The monoisotopic (exact) mass is 417 g/mol. The minimum Gasteiger partial charge on any atom is -0.741 e. The first kappa shape index (κ1) is 24.1. The molecule has 0 spiro atoms. The molecule has 0 saturated heterocycles. The van der Waals surface area contributed by atoms with Crippen LogP contribution in [0.4, 0.5) is 24.5 Å². The number of alkyl halides is 3. The van der Waals surface area contributed by atoms with Gasteiger partial charge in [0.1, 0.15) is 11.4 Å². The third kappa shape index (κ3) is 7.26. The lowest BCUT2D eigenvalue weighted by Gasteiger charge is -2.33. The molecular formula is C20H26F3NO3S. The van der Waals surface area contributed by atoms with Gasteiger partial charge in [0.2, 0.25) is 0 Å². The fraction of sp³-hybridized carbons (Fsp3) is 0.400. The van der Waals surface area contributed by atoms with Gasteiger partial charge in [0.05, 0.1) is 13.6 Å². The normalized spacial score (nSPS) is 12.2. The zero-order chi connectivity index (χ0) is 21.3. The van der Waals surface area contributed by atoms with Crippen molar-refractivity contribution in [1.82, 2.24) is 4.48 Å². The van der Waals surface area contributed by atoms with Crippen molar-refractivity contribution in [3.05, 3.63) is 60.7 Å². The molecule has 0 aliphatic carbocycles. The fourth-order valence-electron chi connectivity index (χ4n) is 2.78. The number of unbranched alkanes of at least 4 members (excludes halogenated alkanes) is 3. The zero-order valence-electron chi connectivity index (χ0n) is 16.0. The van der Waals surface area contributed by atoms with Crippen molar-refractivity contribution in [3.63, 3.8) is 0 Å². The topological polar surface area (TPSA) is 57.2 Å². The first-order chi connectivity index (χ1) is 13.0. The minimum absolute atomic E-state index is 0.894. The van der Waals surface area contributed by atoms with Crippen molar-refractivity contribution in [2.24, 2.45) is 0 Å². The molecule has 0 fully saturated rings. The second kappa shape index (κ2) is 10.6. The van der Waals surface area contributed by atoms with Gasteiger partial charge in [0.25, 0.3) is 0 Å². The van der Waals surface area contributed by atoms with Crippen LogP contribution in [0.2, 0.25) is 0 Å². The van der Waals surface area contributed by atoms with Crippen LogP contribution in [0.25, 0.3) is 0 Å². The lowest BCUT2D eigenvalue weighted by atomic mass is 10.1. The molecule has 0 heterocycles. The Morgan fingerprint density at radius 1 is 0.857 bits per heavy atom. The number of nitrogens with zero attached hydrogens (tertiary/aromatic N) is 1. The van der Waals surface area contributed by atoms with Gasteiger partial charge in [-0.05, 0) is 37.1 Å². The Bertz CT molecular complexity index is 755. The first-order valence-corrected chi connectivity index (χ1v) is 10.4. The van der Waals surface area contributed by atoms with E-state index in [9.17, 15) is 13.2 Å². The Labute approximate surface area is 165 Å². The Morgan fingerprint density at radius 2 is 1.25 bits per heavy atom. The second-order valence-corrected chi connectivity index (χ2v) is 7.92. The molecule has 2 aromatic carbocycles. The molecule has 0 N–H and O–H groups in total. The fourth-order valence-corrected chi connectivity index (χ4v) is 2.78. The van der Waals surface area contributed by atoms with Gasteiger partial charge in [-0.1, -0.05) is 56.2 Å². The summed E-state index contributed by atoms with van der Waals surface area (Å²) >= 11 is 0. The number of rotatable bonds is 7. The van der Waals surface area contributed by atoms with Crippen LogP contribution >= 0.6 is 0 Å². The highest BCUT2D eigenvalue weighted by Gasteiger charge is 2.36. The zero-order valence-corrected chi connectivity index (χ0v) is 16.8. The number of hydrogen-bond donors (Lipinski definition) is 0. The molecule has 0 radical (unpaired) electrons. The molecular weight excluding hydrogens is 391 g/mol. The molecule has 0 aliphatic heterocycles. The molecule has 0 atom stereocenters. The molecule has 0 saturated carbocycles. The van der Waals surface area contributed by atoms with Crippen LogP contribution in [-0.4, -0.2) is 32.1 Å². The summed E-state index contributed by atoms with van der Waals surface area (Å²) in [4.78, 5) is 0. The maximum atomic E-state index is 10.7. The summed E-state index contributed by atoms with van der Waals surface area (Å²) in [7, 11) is -3.76. The van der Waals surface area contributed by atoms with E-state index in [4.69, 9.17) is 13.0 Å². The molecule has 2 aromatic rings. The quantitative estimate of drug-likeness (QED) is 0.255. The maximum absolute atomic E-state index is 10.7. The average Bonchev–Trinajstić information content (AvgIpc) is 2.65. The van der Waals surface area contributed by atoms with Crippen LogP contribution in [0.5, 0.6) is 0 Å². The van der Waals surface area contributed by atoms with Crippen molar-refractivity contribution in [1.29, 1.82) is 0 Å². The van der Waals surface area contributed by atoms with Crippen LogP contribution in [0.3, 0.4) is 0 Å². The summed E-state index contributed by atoms with van der Waals surface area (Å²) in [6.45, 7) is 3.43. The first-order valence-electron chi connectivity index (χ1n) is 9.01. The number of hydrogen-bond acceptors (Lipinski definition) is 3. The van der Waals surface area contributed by atoms with E-state index in [-0.39, 0.29) is 0 Å². The highest BCUT2D eigenvalue weighted by molar-refractivity contribution is 7.86. The predicted octanol–water partition coefficient (Wildman–Crippen LogP) is 5.59. The van der Waals surface area contributed by atoms with Crippen LogP contribution in [0.1, 0.15) is 32.6 Å². The summed E-state index contributed by atoms with van der Waals surface area (Å²) in [5.41, 5.74) is -2.90. The van der Waals surface area contributed by atoms with E-state index in [1.54, 1.807) is 0 Å². The molecule has 0 unspecified atom stereocenters. The van der Waals surface area contributed by atoms with Crippen molar-refractivity contribution in [3.8, 4) is 0 Å². The molecule has 0 amide bonds. The largest absolute Gasteiger partial charge is 0.741 e. The third-order valence-electron chi connectivity index (χ3n) is 4.39. The molecule has 8 heteroatoms. The SMILES string of the molecule is CCCCCC[N+](C)(c1ccccc1)c1ccccc1.O=S(=O)([O-])C(F)(F)F. The van der Waals surface area contributed by atoms with Gasteiger partial charge in [-0.3, -0.25) is 4.48 Å².